The fraction of sp³-hybridized carbons (Fsp3) is 0.115. The number of hydrogen-bond donors (Lipinski definition) is 3. The van der Waals surface area contributed by atoms with E-state index in [9.17, 15) is 8.78 Å². The van der Waals surface area contributed by atoms with Gasteiger partial charge in [0.15, 0.2) is 17.4 Å². The Labute approximate surface area is 199 Å². The van der Waals surface area contributed by atoms with Gasteiger partial charge in [-0.3, -0.25) is 5.14 Å². The van der Waals surface area contributed by atoms with Gasteiger partial charge < -0.3 is 14.7 Å². The maximum Gasteiger partial charge on any atom is 0.199 e. The molecule has 3 aromatic carbocycles. The Balaban J connectivity index is 1.40. The molecule has 0 spiro atoms. The molecule has 0 aliphatic heterocycles. The molecule has 5 nitrogen and oxygen atoms in total. The van der Waals surface area contributed by atoms with Crippen LogP contribution in [0.2, 0.25) is 0 Å². The standard InChI is InChI=1S/C26H22F2N4OS/c1-15(17-5-2-4-16(10-17)14-34-29)23-13-31-26(32-23)18-6-3-7-19(11-18)33-25-21(27)12-22-20(24(25)28)8-9-30-22/h2-13,15,30H,14,29H2,1H3,(H,31,32). The molecule has 5 aromatic rings. The van der Waals surface area contributed by atoms with Gasteiger partial charge >= 0.3 is 0 Å². The second-order valence-electron chi connectivity index (χ2n) is 8.04. The fourth-order valence-corrected chi connectivity index (χ4v) is 4.33. The second-order valence-corrected chi connectivity index (χ2v) is 8.66. The maximum atomic E-state index is 14.8. The van der Waals surface area contributed by atoms with Crippen molar-refractivity contribution in [3.8, 4) is 22.9 Å². The van der Waals surface area contributed by atoms with Crippen LogP contribution >= 0.6 is 11.9 Å². The molecule has 4 N–H and O–H groups in total. The normalized spacial score (nSPS) is 12.2. The van der Waals surface area contributed by atoms with Gasteiger partial charge in [-0.1, -0.05) is 55.3 Å². The lowest BCUT2D eigenvalue weighted by Gasteiger charge is -2.11. The molecule has 2 aromatic heterocycles. The Kier molecular flexibility index (Phi) is 6.08. The number of imidazole rings is 1. The van der Waals surface area contributed by atoms with Crippen LogP contribution < -0.4 is 9.88 Å². The zero-order chi connectivity index (χ0) is 23.7. The lowest BCUT2D eigenvalue weighted by atomic mass is 9.97. The minimum Gasteiger partial charge on any atom is -0.451 e. The highest BCUT2D eigenvalue weighted by Crippen LogP contribution is 2.34. The summed E-state index contributed by atoms with van der Waals surface area (Å²) in [5.41, 5.74) is 4.39. The third kappa shape index (κ3) is 4.30. The Bertz CT molecular complexity index is 1460. The van der Waals surface area contributed by atoms with E-state index in [4.69, 9.17) is 9.88 Å². The number of aromatic nitrogens is 3. The largest absolute Gasteiger partial charge is 0.451 e. The van der Waals surface area contributed by atoms with Crippen LogP contribution in [0.1, 0.15) is 29.7 Å². The van der Waals surface area contributed by atoms with E-state index in [1.54, 1.807) is 36.7 Å². The van der Waals surface area contributed by atoms with Gasteiger partial charge in [-0.15, -0.1) is 0 Å². The summed E-state index contributed by atoms with van der Waals surface area (Å²) in [6.45, 7) is 2.11. The molecule has 34 heavy (non-hydrogen) atoms. The predicted molar refractivity (Wildman–Crippen MR) is 132 cm³/mol. The maximum absolute atomic E-state index is 14.8. The van der Waals surface area contributed by atoms with Crippen LogP contribution in [-0.4, -0.2) is 15.0 Å². The summed E-state index contributed by atoms with van der Waals surface area (Å²) in [5.74, 6) is -0.160. The number of nitrogens with two attached hydrogens (primary N) is 1. The van der Waals surface area contributed by atoms with E-state index < -0.39 is 17.4 Å². The fourth-order valence-electron chi connectivity index (χ4n) is 3.96. The van der Waals surface area contributed by atoms with Crippen molar-refractivity contribution in [2.24, 2.45) is 5.14 Å². The Morgan fingerprint density at radius 1 is 1.09 bits per heavy atom. The summed E-state index contributed by atoms with van der Waals surface area (Å²) < 4.78 is 34.9. The van der Waals surface area contributed by atoms with Gasteiger partial charge in [0.25, 0.3) is 0 Å². The van der Waals surface area contributed by atoms with Gasteiger partial charge in [-0.05, 0) is 29.3 Å². The number of nitrogens with zero attached hydrogens (tertiary/aromatic N) is 1. The minimum atomic E-state index is -0.776. The van der Waals surface area contributed by atoms with Gasteiger partial charge in [0.1, 0.15) is 11.6 Å². The summed E-state index contributed by atoms with van der Waals surface area (Å²) in [6.07, 6.45) is 3.36. The Morgan fingerprint density at radius 3 is 2.79 bits per heavy atom. The molecule has 0 amide bonds. The van der Waals surface area contributed by atoms with E-state index in [2.05, 4.69) is 40.1 Å². The summed E-state index contributed by atoms with van der Waals surface area (Å²) in [5, 5.41) is 5.88. The molecular weight excluding hydrogens is 454 g/mol. The second kappa shape index (κ2) is 9.32. The van der Waals surface area contributed by atoms with Gasteiger partial charge in [0.05, 0.1) is 5.52 Å². The number of H-pyrrole nitrogens is 2. The summed E-state index contributed by atoms with van der Waals surface area (Å²) in [6, 6.07) is 18.0. The number of halogens is 2. The number of rotatable bonds is 7. The summed E-state index contributed by atoms with van der Waals surface area (Å²) >= 11 is 1.30. The SMILES string of the molecule is CC(c1cccc(CSN)c1)c1cnc(-c2cccc(Oc3c(F)cc4[nH]ccc4c3F)c2)[nH]1. The molecule has 0 fully saturated rings. The van der Waals surface area contributed by atoms with Crippen LogP contribution in [0.15, 0.2) is 73.1 Å². The first-order valence-electron chi connectivity index (χ1n) is 10.7. The zero-order valence-corrected chi connectivity index (χ0v) is 19.1. The molecule has 8 heteroatoms. The average molecular weight is 477 g/mol. The molecule has 0 bridgehead atoms. The first-order chi connectivity index (χ1) is 16.5. The number of nitrogens with one attached hydrogen (secondary N) is 2. The van der Waals surface area contributed by atoms with Crippen LogP contribution in [0.3, 0.4) is 0 Å². The molecule has 172 valence electrons. The van der Waals surface area contributed by atoms with Crippen molar-refractivity contribution in [2.75, 3.05) is 0 Å². The Morgan fingerprint density at radius 2 is 1.94 bits per heavy atom. The van der Waals surface area contributed by atoms with Crippen molar-refractivity contribution in [3.05, 3.63) is 102 Å². The third-order valence-electron chi connectivity index (χ3n) is 5.79. The highest BCUT2D eigenvalue weighted by atomic mass is 32.2. The van der Waals surface area contributed by atoms with Crippen LogP contribution in [0.25, 0.3) is 22.3 Å². The van der Waals surface area contributed by atoms with Gasteiger partial charge in [-0.2, -0.15) is 0 Å². The first-order valence-corrected chi connectivity index (χ1v) is 11.8. The quantitative estimate of drug-likeness (QED) is 0.224. The van der Waals surface area contributed by atoms with Crippen molar-refractivity contribution in [1.29, 1.82) is 0 Å². The lowest BCUT2D eigenvalue weighted by Crippen LogP contribution is -1.98. The molecule has 1 unspecified atom stereocenters. The van der Waals surface area contributed by atoms with E-state index in [0.717, 1.165) is 22.6 Å². The number of ether oxygens (including phenoxy) is 1. The molecular formula is C26H22F2N4OS. The highest BCUT2D eigenvalue weighted by Gasteiger charge is 2.18. The van der Waals surface area contributed by atoms with Crippen LogP contribution in [0, 0.1) is 11.6 Å². The number of hydrogen-bond acceptors (Lipinski definition) is 4. The van der Waals surface area contributed by atoms with E-state index in [1.165, 1.54) is 23.6 Å². The molecule has 0 aliphatic rings. The molecule has 0 saturated carbocycles. The smallest absolute Gasteiger partial charge is 0.199 e. The van der Waals surface area contributed by atoms with Crippen molar-refractivity contribution in [3.63, 3.8) is 0 Å². The number of fused-ring (bicyclic) bond motifs is 1. The average Bonchev–Trinajstić information content (AvgIpc) is 3.52. The summed E-state index contributed by atoms with van der Waals surface area (Å²) in [7, 11) is 0. The molecule has 5 rings (SSSR count). The first kappa shape index (κ1) is 22.2. The van der Waals surface area contributed by atoms with Crippen LogP contribution in [0.4, 0.5) is 8.78 Å². The van der Waals surface area contributed by atoms with E-state index in [1.807, 2.05) is 12.1 Å². The number of benzene rings is 3. The molecule has 1 atom stereocenters. The van der Waals surface area contributed by atoms with E-state index in [-0.39, 0.29) is 11.3 Å². The minimum absolute atomic E-state index is 0.0969. The van der Waals surface area contributed by atoms with E-state index >= 15 is 0 Å². The van der Waals surface area contributed by atoms with Crippen LogP contribution in [0.5, 0.6) is 11.5 Å². The van der Waals surface area contributed by atoms with Crippen LogP contribution in [-0.2, 0) is 5.75 Å². The van der Waals surface area contributed by atoms with E-state index in [0.29, 0.717) is 17.1 Å². The zero-order valence-electron chi connectivity index (χ0n) is 18.3. The number of aromatic amines is 2. The molecule has 0 saturated heterocycles. The third-order valence-corrected chi connectivity index (χ3v) is 6.29. The van der Waals surface area contributed by atoms with Gasteiger partial charge in [0.2, 0.25) is 0 Å². The van der Waals surface area contributed by atoms with Crippen molar-refractivity contribution in [2.45, 2.75) is 18.6 Å². The highest BCUT2D eigenvalue weighted by molar-refractivity contribution is 7.96. The van der Waals surface area contributed by atoms with Crippen molar-refractivity contribution >= 4 is 22.9 Å². The van der Waals surface area contributed by atoms with Crippen molar-refractivity contribution < 1.29 is 13.5 Å². The molecule has 0 radical (unpaired) electrons. The molecule has 0 aliphatic carbocycles. The molecule has 2 heterocycles. The van der Waals surface area contributed by atoms with Gasteiger partial charge in [0, 0.05) is 46.8 Å². The lowest BCUT2D eigenvalue weighted by molar-refractivity contribution is 0.411. The summed E-state index contributed by atoms with van der Waals surface area (Å²) in [4.78, 5) is 10.7. The predicted octanol–water partition coefficient (Wildman–Crippen LogP) is 6.89. The monoisotopic (exact) mass is 476 g/mol. The Hall–Kier alpha value is -3.62. The topological polar surface area (TPSA) is 79.7 Å². The van der Waals surface area contributed by atoms with Crippen molar-refractivity contribution in [1.82, 2.24) is 15.0 Å². The van der Waals surface area contributed by atoms with Gasteiger partial charge in [-0.25, -0.2) is 13.8 Å².